The van der Waals surface area contributed by atoms with E-state index in [9.17, 15) is 13.6 Å². The first-order valence-electron chi connectivity index (χ1n) is 4.32. The fourth-order valence-corrected chi connectivity index (χ4v) is 1.13. The first-order chi connectivity index (χ1) is 7.39. The summed E-state index contributed by atoms with van der Waals surface area (Å²) in [6, 6.07) is 4.53. The molecule has 0 aliphatic heterocycles. The van der Waals surface area contributed by atoms with E-state index < -0.39 is 23.6 Å². The molecule has 1 aromatic carbocycles. The number of benzene rings is 1. The highest BCUT2D eigenvalue weighted by molar-refractivity contribution is 5.73. The van der Waals surface area contributed by atoms with Gasteiger partial charge in [0.25, 0.3) is 0 Å². The summed E-state index contributed by atoms with van der Waals surface area (Å²) in [7, 11) is 1.37. The van der Waals surface area contributed by atoms with Crippen molar-refractivity contribution in [3.63, 3.8) is 0 Å². The third-order valence-corrected chi connectivity index (χ3v) is 2.05. The number of methoxy groups -OCH3 is 1. The van der Waals surface area contributed by atoms with Crippen LogP contribution in [-0.4, -0.2) is 29.4 Å². The lowest BCUT2D eigenvalue weighted by Gasteiger charge is -2.19. The van der Waals surface area contributed by atoms with E-state index in [4.69, 9.17) is 14.9 Å². The monoisotopic (exact) mass is 232 g/mol. The molecule has 0 saturated carbocycles. The Hall–Kier alpha value is -1.69. The number of carboxylic acids is 1. The Bertz CT molecular complexity index is 375. The van der Waals surface area contributed by atoms with Gasteiger partial charge in [0, 0.05) is 5.56 Å². The van der Waals surface area contributed by atoms with Crippen molar-refractivity contribution in [2.75, 3.05) is 7.11 Å². The SMILES string of the molecule is COc1ccc(C(F)(F)C(O)C(=O)O)cc1. The van der Waals surface area contributed by atoms with Crippen LogP contribution < -0.4 is 4.74 Å². The van der Waals surface area contributed by atoms with Crippen molar-refractivity contribution >= 4 is 5.97 Å². The number of halogens is 2. The van der Waals surface area contributed by atoms with Gasteiger partial charge in [-0.3, -0.25) is 0 Å². The van der Waals surface area contributed by atoms with Gasteiger partial charge in [0.1, 0.15) is 5.75 Å². The zero-order valence-corrected chi connectivity index (χ0v) is 8.35. The molecular weight excluding hydrogens is 222 g/mol. The molecular formula is C10H10F2O4. The van der Waals surface area contributed by atoms with Crippen molar-refractivity contribution in [3.05, 3.63) is 29.8 Å². The fourth-order valence-electron chi connectivity index (χ4n) is 1.13. The lowest BCUT2D eigenvalue weighted by molar-refractivity contribution is -0.173. The first-order valence-corrected chi connectivity index (χ1v) is 4.32. The van der Waals surface area contributed by atoms with Gasteiger partial charge in [0.05, 0.1) is 7.11 Å². The molecule has 0 aromatic heterocycles. The second kappa shape index (κ2) is 4.44. The minimum atomic E-state index is -3.84. The van der Waals surface area contributed by atoms with Crippen molar-refractivity contribution in [1.82, 2.24) is 0 Å². The number of carboxylic acid groups (broad SMARTS) is 1. The van der Waals surface area contributed by atoms with Crippen LogP contribution in [0.2, 0.25) is 0 Å². The molecule has 0 fully saturated rings. The summed E-state index contributed by atoms with van der Waals surface area (Å²) in [5.74, 6) is -5.44. The van der Waals surface area contributed by atoms with Gasteiger partial charge in [0.15, 0.2) is 0 Å². The minimum Gasteiger partial charge on any atom is -0.497 e. The molecule has 1 aromatic rings. The Morgan fingerprint density at radius 2 is 1.88 bits per heavy atom. The molecule has 1 rings (SSSR count). The normalized spacial score (nSPS) is 13.2. The van der Waals surface area contributed by atoms with Gasteiger partial charge in [-0.15, -0.1) is 0 Å². The maximum atomic E-state index is 13.4. The van der Waals surface area contributed by atoms with E-state index in [0.717, 1.165) is 12.1 Å². The highest BCUT2D eigenvalue weighted by Crippen LogP contribution is 2.32. The number of carbonyl (C=O) groups is 1. The predicted molar refractivity (Wildman–Crippen MR) is 50.5 cm³/mol. The smallest absolute Gasteiger partial charge is 0.339 e. The quantitative estimate of drug-likeness (QED) is 0.819. The van der Waals surface area contributed by atoms with E-state index in [2.05, 4.69) is 0 Å². The number of aliphatic carboxylic acids is 1. The summed E-state index contributed by atoms with van der Waals surface area (Å²) in [4.78, 5) is 10.3. The summed E-state index contributed by atoms with van der Waals surface area (Å²) < 4.78 is 31.5. The standard InChI is InChI=1S/C10H10F2O4/c1-16-7-4-2-6(3-5-7)10(11,12)8(13)9(14)15/h2-5,8,13H,1H3,(H,14,15). The van der Waals surface area contributed by atoms with Crippen molar-refractivity contribution in [2.24, 2.45) is 0 Å². The van der Waals surface area contributed by atoms with Crippen molar-refractivity contribution in [1.29, 1.82) is 0 Å². The molecule has 0 aliphatic carbocycles. The molecule has 0 spiro atoms. The molecule has 0 bridgehead atoms. The molecule has 0 heterocycles. The lowest BCUT2D eigenvalue weighted by atomic mass is 10.0. The van der Waals surface area contributed by atoms with Gasteiger partial charge in [-0.05, 0) is 24.3 Å². The highest BCUT2D eigenvalue weighted by Gasteiger charge is 2.45. The van der Waals surface area contributed by atoms with Crippen LogP contribution >= 0.6 is 0 Å². The summed E-state index contributed by atoms with van der Waals surface area (Å²) in [5, 5.41) is 17.2. The van der Waals surface area contributed by atoms with Crippen molar-refractivity contribution < 1.29 is 28.5 Å². The number of rotatable bonds is 4. The third-order valence-electron chi connectivity index (χ3n) is 2.05. The Labute approximate surface area is 90.1 Å². The number of alkyl halides is 2. The number of hydrogen-bond acceptors (Lipinski definition) is 3. The van der Waals surface area contributed by atoms with Gasteiger partial charge in [-0.2, -0.15) is 8.78 Å². The van der Waals surface area contributed by atoms with Crippen LogP contribution in [0.1, 0.15) is 5.56 Å². The van der Waals surface area contributed by atoms with Crippen LogP contribution in [0.5, 0.6) is 5.75 Å². The number of hydrogen-bond donors (Lipinski definition) is 2. The van der Waals surface area contributed by atoms with Gasteiger partial charge in [-0.1, -0.05) is 0 Å². The second-order valence-corrected chi connectivity index (χ2v) is 3.09. The van der Waals surface area contributed by atoms with Gasteiger partial charge in [0.2, 0.25) is 6.10 Å². The van der Waals surface area contributed by atoms with Crippen LogP contribution in [0, 0.1) is 0 Å². The molecule has 0 saturated heterocycles. The molecule has 0 radical (unpaired) electrons. The minimum absolute atomic E-state index is 0.365. The Morgan fingerprint density at radius 3 is 2.25 bits per heavy atom. The molecule has 2 N–H and O–H groups in total. The van der Waals surface area contributed by atoms with Gasteiger partial charge < -0.3 is 14.9 Å². The van der Waals surface area contributed by atoms with Crippen LogP contribution in [0.15, 0.2) is 24.3 Å². The Kier molecular flexibility index (Phi) is 3.44. The van der Waals surface area contributed by atoms with E-state index in [1.807, 2.05) is 0 Å². The van der Waals surface area contributed by atoms with E-state index in [1.54, 1.807) is 0 Å². The van der Waals surface area contributed by atoms with Gasteiger partial charge >= 0.3 is 11.9 Å². The first kappa shape index (κ1) is 12.4. The second-order valence-electron chi connectivity index (χ2n) is 3.09. The van der Waals surface area contributed by atoms with E-state index in [1.165, 1.54) is 19.2 Å². The van der Waals surface area contributed by atoms with Crippen LogP contribution in [0.3, 0.4) is 0 Å². The number of aliphatic hydroxyl groups excluding tert-OH is 1. The molecule has 1 atom stereocenters. The van der Waals surface area contributed by atoms with E-state index >= 15 is 0 Å². The zero-order valence-electron chi connectivity index (χ0n) is 8.35. The zero-order chi connectivity index (χ0) is 12.3. The average molecular weight is 232 g/mol. The summed E-state index contributed by atoms with van der Waals surface area (Å²) >= 11 is 0. The summed E-state index contributed by atoms with van der Waals surface area (Å²) in [5.41, 5.74) is -0.580. The highest BCUT2D eigenvalue weighted by atomic mass is 19.3. The van der Waals surface area contributed by atoms with Crippen LogP contribution in [-0.2, 0) is 10.7 Å². The summed E-state index contributed by atoms with van der Waals surface area (Å²) in [6.45, 7) is 0. The lowest BCUT2D eigenvalue weighted by Crippen LogP contribution is -2.37. The van der Waals surface area contributed by atoms with E-state index in [0.29, 0.717) is 5.75 Å². The largest absolute Gasteiger partial charge is 0.497 e. The van der Waals surface area contributed by atoms with Gasteiger partial charge in [-0.25, -0.2) is 4.79 Å². The fraction of sp³-hybridized carbons (Fsp3) is 0.300. The van der Waals surface area contributed by atoms with Crippen LogP contribution in [0.4, 0.5) is 8.78 Å². The molecule has 88 valence electrons. The topological polar surface area (TPSA) is 66.8 Å². The Balaban J connectivity index is 3.02. The Morgan fingerprint density at radius 1 is 1.38 bits per heavy atom. The average Bonchev–Trinajstić information content (AvgIpc) is 2.28. The third kappa shape index (κ3) is 2.27. The maximum Gasteiger partial charge on any atom is 0.339 e. The van der Waals surface area contributed by atoms with Crippen molar-refractivity contribution in [2.45, 2.75) is 12.0 Å². The maximum absolute atomic E-state index is 13.4. The summed E-state index contributed by atoms with van der Waals surface area (Å²) in [6.07, 6.45) is -2.76. The molecule has 0 aliphatic rings. The molecule has 1 unspecified atom stereocenters. The molecule has 16 heavy (non-hydrogen) atoms. The van der Waals surface area contributed by atoms with E-state index in [-0.39, 0.29) is 0 Å². The predicted octanol–water partition coefficient (Wildman–Crippen LogP) is 1.23. The molecule has 6 heteroatoms. The molecule has 4 nitrogen and oxygen atoms in total. The number of ether oxygens (including phenoxy) is 1. The van der Waals surface area contributed by atoms with Crippen LogP contribution in [0.25, 0.3) is 0 Å². The molecule has 0 amide bonds. The van der Waals surface area contributed by atoms with Crippen molar-refractivity contribution in [3.8, 4) is 5.75 Å². The number of aliphatic hydroxyl groups is 1.